The second-order valence-electron chi connectivity index (χ2n) is 6.98. The Morgan fingerprint density at radius 1 is 1.08 bits per heavy atom. The molecule has 130 valence electrons. The zero-order chi connectivity index (χ0) is 17.1. The molecule has 0 bridgehead atoms. The van der Waals surface area contributed by atoms with Gasteiger partial charge in [-0.1, -0.05) is 30.3 Å². The molecule has 1 fully saturated rings. The average Bonchev–Trinajstić information content (AvgIpc) is 3.14. The maximum Gasteiger partial charge on any atom is 0.123 e. The molecule has 0 atom stereocenters. The summed E-state index contributed by atoms with van der Waals surface area (Å²) in [5.41, 5.74) is 3.60. The lowest BCUT2D eigenvalue weighted by Crippen LogP contribution is -2.36. The van der Waals surface area contributed by atoms with E-state index in [0.29, 0.717) is 12.1 Å². The molecule has 1 saturated carbocycles. The predicted molar refractivity (Wildman–Crippen MR) is 101 cm³/mol. The summed E-state index contributed by atoms with van der Waals surface area (Å²) in [6, 6.07) is 15.3. The number of aromatic nitrogens is 2. The number of rotatable bonds is 5. The second-order valence-corrected chi connectivity index (χ2v) is 6.98. The average molecular weight is 335 g/mol. The maximum absolute atomic E-state index is 6.31. The highest BCUT2D eigenvalue weighted by molar-refractivity contribution is 5.83. The summed E-state index contributed by atoms with van der Waals surface area (Å²) in [7, 11) is 0. The Balaban J connectivity index is 1.30. The van der Waals surface area contributed by atoms with Crippen LogP contribution in [0.3, 0.4) is 0 Å². The van der Waals surface area contributed by atoms with Crippen molar-refractivity contribution in [3.05, 3.63) is 59.8 Å². The maximum atomic E-state index is 6.31. The molecule has 0 radical (unpaired) electrons. The number of H-pyrrole nitrogens is 1. The summed E-state index contributed by atoms with van der Waals surface area (Å²) in [6.45, 7) is 3.06. The van der Waals surface area contributed by atoms with E-state index in [9.17, 15) is 0 Å². The first-order valence-corrected chi connectivity index (χ1v) is 9.16. The fourth-order valence-electron chi connectivity index (χ4n) is 3.69. The van der Waals surface area contributed by atoms with Crippen LogP contribution < -0.4 is 10.1 Å². The number of aromatic amines is 1. The highest BCUT2D eigenvalue weighted by Gasteiger charge is 2.22. The van der Waals surface area contributed by atoms with Crippen LogP contribution in [0.5, 0.6) is 5.75 Å². The van der Waals surface area contributed by atoms with Gasteiger partial charge < -0.3 is 10.1 Å². The Morgan fingerprint density at radius 2 is 1.88 bits per heavy atom. The Bertz CT molecular complexity index is 820. The van der Waals surface area contributed by atoms with E-state index in [4.69, 9.17) is 4.74 Å². The van der Waals surface area contributed by atoms with Crippen LogP contribution in [0.4, 0.5) is 0 Å². The fourth-order valence-corrected chi connectivity index (χ4v) is 3.69. The van der Waals surface area contributed by atoms with Gasteiger partial charge in [0.05, 0.1) is 17.8 Å². The van der Waals surface area contributed by atoms with Crippen LogP contribution in [-0.2, 0) is 6.54 Å². The molecule has 25 heavy (non-hydrogen) atoms. The van der Waals surface area contributed by atoms with Gasteiger partial charge in [-0.3, -0.25) is 5.10 Å². The van der Waals surface area contributed by atoms with Gasteiger partial charge in [0.1, 0.15) is 5.75 Å². The number of hydrogen-bond donors (Lipinski definition) is 2. The standard InChI is InChI=1S/C21H25N3O/c1-15-19-14-23-24-20(19)11-12-21(15)25-18-9-7-17(8-10-18)22-13-16-5-3-2-4-6-16/h2-6,11-12,14,17-18,22H,7-10,13H2,1H3,(H,23,24). The molecule has 4 nitrogen and oxygen atoms in total. The number of hydrogen-bond acceptors (Lipinski definition) is 3. The van der Waals surface area contributed by atoms with Gasteiger partial charge in [0.25, 0.3) is 0 Å². The summed E-state index contributed by atoms with van der Waals surface area (Å²) in [5, 5.41) is 12.0. The summed E-state index contributed by atoms with van der Waals surface area (Å²) < 4.78 is 6.31. The quantitative estimate of drug-likeness (QED) is 0.729. The number of ether oxygens (including phenoxy) is 1. The molecular formula is C21H25N3O. The smallest absolute Gasteiger partial charge is 0.123 e. The van der Waals surface area contributed by atoms with E-state index >= 15 is 0 Å². The van der Waals surface area contributed by atoms with Crippen LogP contribution in [-0.4, -0.2) is 22.3 Å². The van der Waals surface area contributed by atoms with E-state index in [-0.39, 0.29) is 0 Å². The molecule has 4 rings (SSSR count). The number of aryl methyl sites for hydroxylation is 1. The molecule has 2 N–H and O–H groups in total. The van der Waals surface area contributed by atoms with Crippen molar-refractivity contribution < 1.29 is 4.74 Å². The highest BCUT2D eigenvalue weighted by atomic mass is 16.5. The molecule has 0 aliphatic heterocycles. The first-order valence-electron chi connectivity index (χ1n) is 9.16. The fraction of sp³-hybridized carbons (Fsp3) is 0.381. The zero-order valence-corrected chi connectivity index (χ0v) is 14.7. The summed E-state index contributed by atoms with van der Waals surface area (Å²) in [6.07, 6.45) is 6.75. The van der Waals surface area contributed by atoms with Crippen molar-refractivity contribution >= 4 is 10.9 Å². The Hall–Kier alpha value is -2.33. The van der Waals surface area contributed by atoms with Crippen LogP contribution in [0.15, 0.2) is 48.7 Å². The Labute approximate surface area is 148 Å². The predicted octanol–water partition coefficient (Wildman–Crippen LogP) is 4.35. The monoisotopic (exact) mass is 335 g/mol. The minimum absolute atomic E-state index is 0.317. The van der Waals surface area contributed by atoms with E-state index in [1.807, 2.05) is 6.20 Å². The van der Waals surface area contributed by atoms with Gasteiger partial charge in [-0.25, -0.2) is 0 Å². The van der Waals surface area contributed by atoms with Crippen molar-refractivity contribution in [2.45, 2.75) is 51.3 Å². The lowest BCUT2D eigenvalue weighted by molar-refractivity contribution is 0.138. The molecule has 1 aromatic heterocycles. The van der Waals surface area contributed by atoms with Gasteiger partial charge in [0.15, 0.2) is 0 Å². The number of benzene rings is 2. The molecule has 4 heteroatoms. The van der Waals surface area contributed by atoms with Crippen LogP contribution >= 0.6 is 0 Å². The SMILES string of the molecule is Cc1c(OC2CCC(NCc3ccccc3)CC2)ccc2[nH]ncc12. The second kappa shape index (κ2) is 7.28. The van der Waals surface area contributed by atoms with E-state index in [1.54, 1.807) is 0 Å². The van der Waals surface area contributed by atoms with Crippen molar-refractivity contribution in [1.82, 2.24) is 15.5 Å². The number of nitrogens with one attached hydrogen (secondary N) is 2. The molecule has 1 heterocycles. The van der Waals surface area contributed by atoms with Gasteiger partial charge in [-0.05, 0) is 50.3 Å². The van der Waals surface area contributed by atoms with Gasteiger partial charge in [0, 0.05) is 23.5 Å². The molecular weight excluding hydrogens is 310 g/mol. The van der Waals surface area contributed by atoms with Crippen molar-refractivity contribution in [2.24, 2.45) is 0 Å². The lowest BCUT2D eigenvalue weighted by atomic mass is 9.92. The third kappa shape index (κ3) is 3.69. The van der Waals surface area contributed by atoms with E-state index in [1.165, 1.54) is 24.0 Å². The molecule has 0 unspecified atom stereocenters. The van der Waals surface area contributed by atoms with Crippen molar-refractivity contribution in [3.8, 4) is 5.75 Å². The van der Waals surface area contributed by atoms with E-state index in [2.05, 4.69) is 64.9 Å². The number of nitrogens with zero attached hydrogens (tertiary/aromatic N) is 1. The van der Waals surface area contributed by atoms with Gasteiger partial charge in [-0.2, -0.15) is 5.10 Å². The van der Waals surface area contributed by atoms with Crippen LogP contribution in [0, 0.1) is 6.92 Å². The van der Waals surface area contributed by atoms with E-state index < -0.39 is 0 Å². The van der Waals surface area contributed by atoms with E-state index in [0.717, 1.165) is 36.0 Å². The summed E-state index contributed by atoms with van der Waals surface area (Å²) in [5.74, 6) is 0.995. The minimum Gasteiger partial charge on any atom is -0.490 e. The van der Waals surface area contributed by atoms with Gasteiger partial charge in [-0.15, -0.1) is 0 Å². The highest BCUT2D eigenvalue weighted by Crippen LogP contribution is 2.30. The molecule has 3 aromatic rings. The molecule has 1 aliphatic carbocycles. The summed E-state index contributed by atoms with van der Waals surface area (Å²) in [4.78, 5) is 0. The Kier molecular flexibility index (Phi) is 4.70. The Morgan fingerprint density at radius 3 is 2.68 bits per heavy atom. The third-order valence-corrected chi connectivity index (χ3v) is 5.25. The first-order chi connectivity index (χ1) is 12.3. The molecule has 1 aliphatic rings. The zero-order valence-electron chi connectivity index (χ0n) is 14.7. The normalized spacial score (nSPS) is 20.7. The van der Waals surface area contributed by atoms with Crippen LogP contribution in [0.1, 0.15) is 36.8 Å². The summed E-state index contributed by atoms with van der Waals surface area (Å²) >= 11 is 0. The van der Waals surface area contributed by atoms with Crippen LogP contribution in [0.2, 0.25) is 0 Å². The molecule has 0 spiro atoms. The minimum atomic E-state index is 0.317. The van der Waals surface area contributed by atoms with Crippen molar-refractivity contribution in [2.75, 3.05) is 0 Å². The largest absolute Gasteiger partial charge is 0.490 e. The lowest BCUT2D eigenvalue weighted by Gasteiger charge is -2.30. The number of fused-ring (bicyclic) bond motifs is 1. The topological polar surface area (TPSA) is 49.9 Å². The van der Waals surface area contributed by atoms with Crippen molar-refractivity contribution in [1.29, 1.82) is 0 Å². The van der Waals surface area contributed by atoms with Crippen LogP contribution in [0.25, 0.3) is 10.9 Å². The van der Waals surface area contributed by atoms with Gasteiger partial charge in [0.2, 0.25) is 0 Å². The molecule has 2 aromatic carbocycles. The first kappa shape index (κ1) is 16.2. The van der Waals surface area contributed by atoms with Crippen molar-refractivity contribution in [3.63, 3.8) is 0 Å². The molecule has 0 saturated heterocycles. The molecule has 0 amide bonds. The van der Waals surface area contributed by atoms with Gasteiger partial charge >= 0.3 is 0 Å². The third-order valence-electron chi connectivity index (χ3n) is 5.25.